The first-order valence-corrected chi connectivity index (χ1v) is 5.45. The first-order chi connectivity index (χ1) is 8.51. The van der Waals surface area contributed by atoms with Crippen molar-refractivity contribution in [3.05, 3.63) is 0 Å². The van der Waals surface area contributed by atoms with Gasteiger partial charge >= 0.3 is 11.9 Å². The van der Waals surface area contributed by atoms with Gasteiger partial charge in [-0.2, -0.15) is 0 Å². The van der Waals surface area contributed by atoms with E-state index in [-0.39, 0.29) is 13.2 Å². The van der Waals surface area contributed by atoms with Crippen LogP contribution < -0.4 is 10.6 Å². The fraction of sp³-hybridized carbons (Fsp3) is 0.600. The summed E-state index contributed by atoms with van der Waals surface area (Å²) in [6.45, 7) is 3.31. The Morgan fingerprint density at radius 3 is 1.56 bits per heavy atom. The summed E-state index contributed by atoms with van der Waals surface area (Å²) in [5.41, 5.74) is 0. The van der Waals surface area contributed by atoms with Crippen LogP contribution in [0, 0.1) is 0 Å². The summed E-state index contributed by atoms with van der Waals surface area (Å²) in [6, 6.07) is -2.86. The number of carbonyl (C=O) groups is 4. The molecule has 0 aromatic rings. The number of hydrogen-bond donors (Lipinski definition) is 2. The van der Waals surface area contributed by atoms with Crippen molar-refractivity contribution in [3.8, 4) is 0 Å². The Bertz CT molecular complexity index is 345. The molecule has 2 amide bonds. The molecule has 0 unspecified atom stereocenters. The van der Waals surface area contributed by atoms with Crippen LogP contribution in [-0.2, 0) is 28.7 Å². The van der Waals surface area contributed by atoms with Crippen LogP contribution in [0.4, 0.5) is 0 Å². The van der Waals surface area contributed by atoms with Crippen LogP contribution in [-0.4, -0.2) is 49.1 Å². The van der Waals surface area contributed by atoms with Crippen molar-refractivity contribution < 1.29 is 28.7 Å². The maximum absolute atomic E-state index is 11.5. The van der Waals surface area contributed by atoms with Gasteiger partial charge in [0.2, 0.25) is 12.1 Å². The maximum Gasteiger partial charge on any atom is 0.338 e. The van der Waals surface area contributed by atoms with Gasteiger partial charge in [-0.15, -0.1) is 0 Å². The van der Waals surface area contributed by atoms with Crippen molar-refractivity contribution >= 4 is 23.8 Å². The fourth-order valence-corrected chi connectivity index (χ4v) is 1.37. The van der Waals surface area contributed by atoms with E-state index in [1.165, 1.54) is 0 Å². The number of esters is 2. The van der Waals surface area contributed by atoms with Crippen LogP contribution in [0.3, 0.4) is 0 Å². The van der Waals surface area contributed by atoms with E-state index in [1.54, 1.807) is 13.8 Å². The van der Waals surface area contributed by atoms with Crippen molar-refractivity contribution in [3.63, 3.8) is 0 Å². The van der Waals surface area contributed by atoms with Gasteiger partial charge in [-0.05, 0) is 13.8 Å². The largest absolute Gasteiger partial charge is 0.464 e. The Kier molecular flexibility index (Phi) is 4.64. The zero-order valence-electron chi connectivity index (χ0n) is 10.0. The third-order valence-corrected chi connectivity index (χ3v) is 2.14. The number of piperazine rings is 1. The summed E-state index contributed by atoms with van der Waals surface area (Å²) in [5.74, 6) is -3.34. The van der Waals surface area contributed by atoms with Crippen LogP contribution in [0.25, 0.3) is 0 Å². The van der Waals surface area contributed by atoms with Crippen molar-refractivity contribution in [1.29, 1.82) is 0 Å². The minimum Gasteiger partial charge on any atom is -0.464 e. The molecule has 1 aliphatic rings. The maximum atomic E-state index is 11.5. The van der Waals surface area contributed by atoms with Crippen LogP contribution in [0.2, 0.25) is 0 Å². The molecule has 8 heteroatoms. The standard InChI is InChI=1S/C10H14N2O6/c1-3-17-9(15)5-7(13)12-6(8(14)11-5)10(16)18-4-2/h5-6H,3-4H2,1-2H3,(H,11,14)(H,12,13)/t5-,6-/m0/s1. The smallest absolute Gasteiger partial charge is 0.338 e. The second-order valence-electron chi connectivity index (χ2n) is 3.39. The first kappa shape index (κ1) is 13.9. The van der Waals surface area contributed by atoms with E-state index in [2.05, 4.69) is 20.1 Å². The van der Waals surface area contributed by atoms with Gasteiger partial charge < -0.3 is 20.1 Å². The Morgan fingerprint density at radius 1 is 0.944 bits per heavy atom. The van der Waals surface area contributed by atoms with Gasteiger partial charge in [0.25, 0.3) is 11.8 Å². The lowest BCUT2D eigenvalue weighted by Gasteiger charge is -2.26. The average Bonchev–Trinajstić information content (AvgIpc) is 2.32. The first-order valence-electron chi connectivity index (χ1n) is 5.45. The van der Waals surface area contributed by atoms with Crippen molar-refractivity contribution in [1.82, 2.24) is 10.6 Å². The SMILES string of the molecule is CCOC(=O)[C@H]1NC(=O)[C@@H](C(=O)OCC)NC1=O. The fourth-order valence-electron chi connectivity index (χ4n) is 1.37. The number of rotatable bonds is 4. The van der Waals surface area contributed by atoms with E-state index < -0.39 is 35.8 Å². The number of nitrogens with one attached hydrogen (secondary N) is 2. The van der Waals surface area contributed by atoms with E-state index in [9.17, 15) is 19.2 Å². The molecule has 1 rings (SSSR count). The van der Waals surface area contributed by atoms with Gasteiger partial charge in [0.05, 0.1) is 13.2 Å². The molecule has 1 saturated heterocycles. The van der Waals surface area contributed by atoms with Crippen LogP contribution >= 0.6 is 0 Å². The second-order valence-corrected chi connectivity index (χ2v) is 3.39. The summed E-state index contributed by atoms with van der Waals surface area (Å²) >= 11 is 0. The Balaban J connectivity index is 2.71. The lowest BCUT2D eigenvalue weighted by Crippen LogP contribution is -2.66. The molecule has 8 nitrogen and oxygen atoms in total. The summed E-state index contributed by atoms with van der Waals surface area (Å²) in [7, 11) is 0. The van der Waals surface area contributed by atoms with E-state index in [0.717, 1.165) is 0 Å². The molecule has 1 fully saturated rings. The summed E-state index contributed by atoms with van der Waals surface area (Å²) in [4.78, 5) is 45.8. The van der Waals surface area contributed by atoms with E-state index in [4.69, 9.17) is 0 Å². The molecule has 0 aromatic heterocycles. The third kappa shape index (κ3) is 2.96. The normalized spacial score (nSPS) is 22.8. The van der Waals surface area contributed by atoms with Gasteiger partial charge in [0.15, 0.2) is 0 Å². The van der Waals surface area contributed by atoms with Crippen LogP contribution in [0.1, 0.15) is 13.8 Å². The Labute approximate surface area is 103 Å². The molecular weight excluding hydrogens is 244 g/mol. The highest BCUT2D eigenvalue weighted by atomic mass is 16.5. The van der Waals surface area contributed by atoms with E-state index in [0.29, 0.717) is 0 Å². The monoisotopic (exact) mass is 258 g/mol. The average molecular weight is 258 g/mol. The Morgan fingerprint density at radius 2 is 1.28 bits per heavy atom. The molecule has 0 radical (unpaired) electrons. The minimum atomic E-state index is -1.43. The molecule has 0 aliphatic carbocycles. The Hall–Kier alpha value is -2.12. The predicted octanol–water partition coefficient (Wildman–Crippen LogP) is -1.90. The number of ether oxygens (including phenoxy) is 2. The second kappa shape index (κ2) is 5.99. The van der Waals surface area contributed by atoms with Crippen LogP contribution in [0.5, 0.6) is 0 Å². The zero-order valence-corrected chi connectivity index (χ0v) is 10.0. The lowest BCUT2D eigenvalue weighted by atomic mass is 10.1. The molecule has 0 saturated carbocycles. The van der Waals surface area contributed by atoms with Gasteiger partial charge in [0, 0.05) is 0 Å². The number of hydrogen-bond acceptors (Lipinski definition) is 6. The number of carbonyl (C=O) groups excluding carboxylic acids is 4. The highest BCUT2D eigenvalue weighted by molar-refractivity contribution is 6.15. The predicted molar refractivity (Wildman–Crippen MR) is 57.1 cm³/mol. The molecule has 0 spiro atoms. The van der Waals surface area contributed by atoms with Gasteiger partial charge in [-0.3, -0.25) is 9.59 Å². The highest BCUT2D eigenvalue weighted by Gasteiger charge is 2.42. The van der Waals surface area contributed by atoms with Crippen molar-refractivity contribution in [2.45, 2.75) is 25.9 Å². The summed E-state index contributed by atoms with van der Waals surface area (Å²) in [6.07, 6.45) is 0. The summed E-state index contributed by atoms with van der Waals surface area (Å²) < 4.78 is 9.23. The molecular formula is C10H14N2O6. The van der Waals surface area contributed by atoms with Crippen LogP contribution in [0.15, 0.2) is 0 Å². The molecule has 1 heterocycles. The molecule has 1 aliphatic heterocycles. The lowest BCUT2D eigenvalue weighted by molar-refractivity contribution is -0.159. The molecule has 18 heavy (non-hydrogen) atoms. The van der Waals surface area contributed by atoms with E-state index in [1.807, 2.05) is 0 Å². The minimum absolute atomic E-state index is 0.0831. The molecule has 100 valence electrons. The van der Waals surface area contributed by atoms with Gasteiger partial charge in [0.1, 0.15) is 0 Å². The highest BCUT2D eigenvalue weighted by Crippen LogP contribution is 2.02. The molecule has 0 bridgehead atoms. The summed E-state index contributed by atoms with van der Waals surface area (Å²) in [5, 5.41) is 4.23. The van der Waals surface area contributed by atoms with Crippen molar-refractivity contribution in [2.75, 3.05) is 13.2 Å². The van der Waals surface area contributed by atoms with Crippen molar-refractivity contribution in [2.24, 2.45) is 0 Å². The zero-order chi connectivity index (χ0) is 13.7. The molecule has 2 N–H and O–H groups in total. The van der Waals surface area contributed by atoms with E-state index >= 15 is 0 Å². The third-order valence-electron chi connectivity index (χ3n) is 2.14. The van der Waals surface area contributed by atoms with Gasteiger partial charge in [-0.1, -0.05) is 0 Å². The quantitative estimate of drug-likeness (QED) is 0.450. The molecule has 2 atom stereocenters. The topological polar surface area (TPSA) is 111 Å². The molecule has 0 aromatic carbocycles. The number of amides is 2. The van der Waals surface area contributed by atoms with Gasteiger partial charge in [-0.25, -0.2) is 9.59 Å².